The van der Waals surface area contributed by atoms with Crippen LogP contribution in [-0.2, 0) is 15.6 Å². The Morgan fingerprint density at radius 3 is 0.986 bits per heavy atom. The zero-order valence-corrected chi connectivity index (χ0v) is 45.1. The summed E-state index contributed by atoms with van der Waals surface area (Å²) in [6.07, 6.45) is 1.90. The molecule has 0 saturated carbocycles. The first-order valence-electron chi connectivity index (χ1n) is 24.6. The van der Waals surface area contributed by atoms with Gasteiger partial charge in [0.2, 0.25) is 0 Å². The molecule has 2 unspecified atom stereocenters. The summed E-state index contributed by atoms with van der Waals surface area (Å²) in [4.78, 5) is 48.9. The number of Topliss-reactive ketones (excluding diaryl/α,β-unsaturated/α-hetero) is 1. The predicted octanol–water partition coefficient (Wildman–Crippen LogP) is 15.1. The molecule has 0 aliphatic heterocycles. The minimum absolute atomic E-state index is 0.0557. The average Bonchev–Trinajstić information content (AvgIpc) is 3.29. The highest BCUT2D eigenvalue weighted by Crippen LogP contribution is 2.44. The molecule has 6 rings (SSSR count). The molecule has 6 aromatic carbocycles. The van der Waals surface area contributed by atoms with E-state index < -0.39 is 5.97 Å². The second-order valence-electron chi connectivity index (χ2n) is 20.7. The van der Waals surface area contributed by atoms with E-state index in [1.54, 1.807) is 43.5 Å². The molecule has 2 atom stereocenters. The summed E-state index contributed by atoms with van der Waals surface area (Å²) in [5.41, 5.74) is 13.5. The van der Waals surface area contributed by atoms with Crippen molar-refractivity contribution in [2.75, 3.05) is 7.11 Å². The van der Waals surface area contributed by atoms with Crippen LogP contribution in [0.25, 0.3) is 0 Å². The molecule has 71 heavy (non-hydrogen) atoms. The summed E-state index contributed by atoms with van der Waals surface area (Å²) < 4.78 is 22.7. The highest BCUT2D eigenvalue weighted by atomic mass is 16.5. The van der Waals surface area contributed by atoms with Crippen LogP contribution >= 0.6 is 0 Å². The third kappa shape index (κ3) is 12.9. The van der Waals surface area contributed by atoms with Gasteiger partial charge in [-0.05, 0) is 178 Å². The molecule has 0 aliphatic rings. The van der Waals surface area contributed by atoms with Crippen LogP contribution < -0.4 is 18.9 Å². The molecule has 0 amide bonds. The summed E-state index contributed by atoms with van der Waals surface area (Å²) in [5, 5.41) is 0. The maximum atomic E-state index is 13.0. The number of carbonyl (C=O) groups is 4. The quantitative estimate of drug-likeness (QED) is 0.0569. The number of rotatable bonds is 15. The number of hydrogen-bond donors (Lipinski definition) is 0. The lowest BCUT2D eigenvalue weighted by Gasteiger charge is -2.34. The van der Waals surface area contributed by atoms with Crippen molar-refractivity contribution in [1.82, 2.24) is 0 Å². The highest BCUT2D eigenvalue weighted by Gasteiger charge is 2.34. The van der Waals surface area contributed by atoms with E-state index in [1.165, 1.54) is 25.0 Å². The summed E-state index contributed by atoms with van der Waals surface area (Å²) in [6.45, 7) is 32.5. The van der Waals surface area contributed by atoms with Crippen LogP contribution in [0.2, 0.25) is 0 Å². The fraction of sp³-hybridized carbons (Fsp3) is 0.365. The molecule has 0 aliphatic carbocycles. The molecule has 8 nitrogen and oxygen atoms in total. The second-order valence-corrected chi connectivity index (χ2v) is 20.7. The Hall–Kier alpha value is -6.80. The van der Waals surface area contributed by atoms with Crippen molar-refractivity contribution >= 4 is 23.7 Å². The summed E-state index contributed by atoms with van der Waals surface area (Å²) in [5.74, 6) is 2.48. The third-order valence-electron chi connectivity index (χ3n) is 13.4. The van der Waals surface area contributed by atoms with Gasteiger partial charge in [0, 0.05) is 23.3 Å². The average molecular weight is 959 g/mol. The number of benzene rings is 6. The monoisotopic (exact) mass is 959 g/mol. The molecular weight excluding hydrogens is 885 g/mol. The Labute approximate surface area is 423 Å². The van der Waals surface area contributed by atoms with Crippen molar-refractivity contribution in [2.45, 2.75) is 134 Å². The topological polar surface area (TPSA) is 105 Å². The van der Waals surface area contributed by atoms with Gasteiger partial charge in [0.05, 0.1) is 18.2 Å². The van der Waals surface area contributed by atoms with Crippen molar-refractivity contribution in [1.29, 1.82) is 0 Å². The largest absolute Gasteiger partial charge is 0.496 e. The van der Waals surface area contributed by atoms with Gasteiger partial charge in [-0.15, -0.1) is 0 Å². The molecule has 0 spiro atoms. The number of carbonyl (C=O) groups excluding carboxylic acids is 4. The van der Waals surface area contributed by atoms with E-state index in [9.17, 15) is 19.2 Å². The van der Waals surface area contributed by atoms with Crippen LogP contribution in [0.3, 0.4) is 0 Å². The van der Waals surface area contributed by atoms with Crippen molar-refractivity contribution in [3.8, 4) is 23.0 Å². The molecule has 0 radical (unpaired) electrons. The van der Waals surface area contributed by atoms with Crippen LogP contribution in [0.1, 0.15) is 166 Å². The van der Waals surface area contributed by atoms with E-state index in [4.69, 9.17) is 18.9 Å². The Morgan fingerprint density at radius 2 is 0.704 bits per heavy atom. The van der Waals surface area contributed by atoms with Crippen LogP contribution in [0.5, 0.6) is 23.0 Å². The number of ketones is 1. The van der Waals surface area contributed by atoms with Crippen LogP contribution in [0.15, 0.2) is 103 Å². The van der Waals surface area contributed by atoms with Crippen molar-refractivity contribution in [2.24, 2.45) is 11.8 Å². The van der Waals surface area contributed by atoms with Crippen LogP contribution in [-0.4, -0.2) is 30.8 Å². The van der Waals surface area contributed by atoms with Gasteiger partial charge < -0.3 is 18.9 Å². The number of esters is 3. The summed E-state index contributed by atoms with van der Waals surface area (Å²) in [6, 6.07) is 32.8. The fourth-order valence-corrected chi connectivity index (χ4v) is 10.2. The summed E-state index contributed by atoms with van der Waals surface area (Å²) in [7, 11) is 1.72. The molecular formula is C63H74O8. The lowest BCUT2D eigenvalue weighted by Crippen LogP contribution is -2.27. The van der Waals surface area contributed by atoms with Gasteiger partial charge in [0.15, 0.2) is 5.78 Å². The lowest BCUT2D eigenvalue weighted by atomic mass is 9.70. The molecule has 0 aromatic heterocycles. The second kappa shape index (κ2) is 23.0. The van der Waals surface area contributed by atoms with Crippen LogP contribution in [0.4, 0.5) is 0 Å². The van der Waals surface area contributed by atoms with Crippen molar-refractivity contribution in [3.05, 3.63) is 187 Å². The van der Waals surface area contributed by atoms with E-state index >= 15 is 0 Å². The normalized spacial score (nSPS) is 12.8. The minimum Gasteiger partial charge on any atom is -0.496 e. The van der Waals surface area contributed by atoms with E-state index in [1.807, 2.05) is 59.7 Å². The molecule has 0 bridgehead atoms. The number of methoxy groups -OCH3 is 1. The molecule has 8 heteroatoms. The SMILES string of the molecule is CC(=O)c1ccc(C(=O)Oc2c(C)cc(C(C)(CC(C)C)c3cc(C)c(OC(=O)c4ccccc4)c(C)c3)cc2C)cc1.COc1c(C)cc(C(C)(CC(C)C)c2cc(C)c(OC(C)=O)c(C)c2)cc1C. The Morgan fingerprint density at radius 1 is 0.423 bits per heavy atom. The molecule has 6 aromatic rings. The first-order chi connectivity index (χ1) is 33.3. The zero-order chi connectivity index (χ0) is 52.7. The van der Waals surface area contributed by atoms with Gasteiger partial charge in [0.1, 0.15) is 23.0 Å². The molecule has 0 N–H and O–H groups in total. The zero-order valence-electron chi connectivity index (χ0n) is 45.1. The van der Waals surface area contributed by atoms with Crippen molar-refractivity contribution < 1.29 is 38.1 Å². The van der Waals surface area contributed by atoms with E-state index in [0.29, 0.717) is 45.8 Å². The smallest absolute Gasteiger partial charge is 0.343 e. The number of aryl methyl sites for hydroxylation is 8. The van der Waals surface area contributed by atoms with E-state index in [2.05, 4.69) is 104 Å². The standard InChI is InChI=1S/C38H40O5.C25H34O3/c1-23(2)22-38(8,32-18-24(3)34(25(4)19-32)42-36(40)30-12-10-9-11-13-30)33-20-26(5)35(27(6)21-33)43-37(41)31-16-14-29(15-17-31)28(7)39;1-15(2)14-25(8,21-10-16(3)23(27-9)17(4)11-21)22-12-18(5)24(19(6)13-22)28-20(7)26/h9-21,23H,22H2,1-8H3;10-13,15H,14H2,1-9H3. The van der Waals surface area contributed by atoms with Gasteiger partial charge in [-0.2, -0.15) is 0 Å². The third-order valence-corrected chi connectivity index (χ3v) is 13.4. The maximum absolute atomic E-state index is 13.0. The number of hydrogen-bond acceptors (Lipinski definition) is 8. The fourth-order valence-electron chi connectivity index (χ4n) is 10.2. The lowest BCUT2D eigenvalue weighted by molar-refractivity contribution is -0.132. The molecule has 374 valence electrons. The number of ether oxygens (including phenoxy) is 4. The van der Waals surface area contributed by atoms with Gasteiger partial charge >= 0.3 is 17.9 Å². The van der Waals surface area contributed by atoms with Gasteiger partial charge in [-0.1, -0.05) is 120 Å². The minimum atomic E-state index is -0.467. The van der Waals surface area contributed by atoms with Gasteiger partial charge in [0.25, 0.3) is 0 Å². The van der Waals surface area contributed by atoms with Gasteiger partial charge in [-0.3, -0.25) is 9.59 Å². The Kier molecular flexibility index (Phi) is 17.8. The maximum Gasteiger partial charge on any atom is 0.343 e. The first-order valence-corrected chi connectivity index (χ1v) is 24.6. The molecule has 0 heterocycles. The Bertz CT molecular complexity index is 2830. The van der Waals surface area contributed by atoms with Crippen molar-refractivity contribution in [3.63, 3.8) is 0 Å². The Balaban J connectivity index is 0.000000290. The van der Waals surface area contributed by atoms with E-state index in [0.717, 1.165) is 74.2 Å². The molecule has 0 saturated heterocycles. The predicted molar refractivity (Wildman–Crippen MR) is 286 cm³/mol. The first kappa shape index (κ1) is 55.1. The molecule has 0 fully saturated rings. The van der Waals surface area contributed by atoms with Gasteiger partial charge in [-0.25, -0.2) is 9.59 Å². The van der Waals surface area contributed by atoms with E-state index in [-0.39, 0.29) is 28.6 Å². The highest BCUT2D eigenvalue weighted by molar-refractivity contribution is 5.96. The summed E-state index contributed by atoms with van der Waals surface area (Å²) >= 11 is 0. The van der Waals surface area contributed by atoms with Crippen LogP contribution in [0, 0.1) is 67.2 Å².